The highest BCUT2D eigenvalue weighted by Crippen LogP contribution is 2.22. The van der Waals surface area contributed by atoms with Gasteiger partial charge in [-0.1, -0.05) is 6.07 Å². The van der Waals surface area contributed by atoms with Gasteiger partial charge in [-0.2, -0.15) is 0 Å². The van der Waals surface area contributed by atoms with Gasteiger partial charge in [-0.25, -0.2) is 0 Å². The van der Waals surface area contributed by atoms with Gasteiger partial charge in [0.1, 0.15) is 11.6 Å². The molecule has 0 aromatic heterocycles. The third kappa shape index (κ3) is 2.97. The zero-order valence-electron chi connectivity index (χ0n) is 7.61. The molecule has 0 spiro atoms. The summed E-state index contributed by atoms with van der Waals surface area (Å²) >= 11 is 0. The topological polar surface area (TPSA) is 85.1 Å². The SMILES string of the molecule is COc1cccc(N)c1C(=N)N.Cl.Cl. The second-order valence-electron chi connectivity index (χ2n) is 2.34. The molecule has 0 fully saturated rings. The predicted molar refractivity (Wildman–Crippen MR) is 62.9 cm³/mol. The van der Waals surface area contributed by atoms with Gasteiger partial charge >= 0.3 is 0 Å². The van der Waals surface area contributed by atoms with Gasteiger partial charge in [0.05, 0.1) is 12.7 Å². The van der Waals surface area contributed by atoms with Crippen LogP contribution in [0.1, 0.15) is 5.56 Å². The monoisotopic (exact) mass is 237 g/mol. The minimum absolute atomic E-state index is 0. The molecule has 0 aliphatic rings. The molecular weight excluding hydrogens is 225 g/mol. The van der Waals surface area contributed by atoms with Crippen molar-refractivity contribution in [2.24, 2.45) is 5.73 Å². The van der Waals surface area contributed by atoms with Crippen molar-refractivity contribution in [2.45, 2.75) is 0 Å². The molecule has 14 heavy (non-hydrogen) atoms. The number of hydrogen-bond donors (Lipinski definition) is 3. The number of methoxy groups -OCH3 is 1. The number of hydrogen-bond acceptors (Lipinski definition) is 3. The lowest BCUT2D eigenvalue weighted by Gasteiger charge is -2.08. The third-order valence-corrected chi connectivity index (χ3v) is 1.55. The van der Waals surface area contributed by atoms with Gasteiger partial charge in [0, 0.05) is 5.69 Å². The second kappa shape index (κ2) is 6.34. The molecule has 1 rings (SSSR count). The average Bonchev–Trinajstić information content (AvgIpc) is 2.03. The Hall–Kier alpha value is -1.13. The Morgan fingerprint density at radius 2 is 1.93 bits per heavy atom. The molecule has 1 aromatic carbocycles. The number of halogens is 2. The number of amidine groups is 1. The number of ether oxygens (including phenoxy) is 1. The van der Waals surface area contributed by atoms with Crippen molar-refractivity contribution in [2.75, 3.05) is 12.8 Å². The van der Waals surface area contributed by atoms with Crippen molar-refractivity contribution >= 4 is 36.3 Å². The first-order valence-corrected chi connectivity index (χ1v) is 3.43. The van der Waals surface area contributed by atoms with Crippen molar-refractivity contribution in [1.29, 1.82) is 5.41 Å². The second-order valence-corrected chi connectivity index (χ2v) is 2.34. The molecule has 0 amide bonds. The largest absolute Gasteiger partial charge is 0.496 e. The molecule has 6 heteroatoms. The van der Waals surface area contributed by atoms with E-state index in [9.17, 15) is 0 Å². The molecule has 80 valence electrons. The molecule has 0 atom stereocenters. The molecular formula is C8H13Cl2N3O. The zero-order valence-corrected chi connectivity index (χ0v) is 9.24. The van der Waals surface area contributed by atoms with E-state index in [4.69, 9.17) is 21.6 Å². The average molecular weight is 238 g/mol. The molecule has 0 bridgehead atoms. The molecule has 0 radical (unpaired) electrons. The lowest BCUT2D eigenvalue weighted by atomic mass is 10.1. The summed E-state index contributed by atoms with van der Waals surface area (Å²) in [4.78, 5) is 0. The quantitative estimate of drug-likeness (QED) is 0.413. The van der Waals surface area contributed by atoms with Crippen LogP contribution in [-0.2, 0) is 0 Å². The summed E-state index contributed by atoms with van der Waals surface area (Å²) in [7, 11) is 1.52. The van der Waals surface area contributed by atoms with Crippen molar-refractivity contribution in [3.63, 3.8) is 0 Å². The van der Waals surface area contributed by atoms with Crippen molar-refractivity contribution < 1.29 is 4.74 Å². The molecule has 1 aromatic rings. The van der Waals surface area contributed by atoms with E-state index in [1.54, 1.807) is 18.2 Å². The Kier molecular flexibility index (Phi) is 6.95. The fourth-order valence-electron chi connectivity index (χ4n) is 1.01. The van der Waals surface area contributed by atoms with Crippen LogP contribution < -0.4 is 16.2 Å². The number of nitrogens with one attached hydrogen (secondary N) is 1. The number of nitrogen functional groups attached to an aromatic ring is 2. The van der Waals surface area contributed by atoms with E-state index in [1.165, 1.54) is 7.11 Å². The van der Waals surface area contributed by atoms with Crippen LogP contribution in [0.3, 0.4) is 0 Å². The zero-order chi connectivity index (χ0) is 9.14. The fraction of sp³-hybridized carbons (Fsp3) is 0.125. The van der Waals surface area contributed by atoms with Gasteiger partial charge in [0.2, 0.25) is 0 Å². The van der Waals surface area contributed by atoms with Gasteiger partial charge in [-0.3, -0.25) is 5.41 Å². The van der Waals surface area contributed by atoms with E-state index >= 15 is 0 Å². The van der Waals surface area contributed by atoms with Crippen LogP contribution in [-0.4, -0.2) is 12.9 Å². The van der Waals surface area contributed by atoms with Gasteiger partial charge in [-0.05, 0) is 12.1 Å². The van der Waals surface area contributed by atoms with E-state index in [2.05, 4.69) is 0 Å². The van der Waals surface area contributed by atoms with Crippen LogP contribution in [0.4, 0.5) is 5.69 Å². The van der Waals surface area contributed by atoms with Crippen molar-refractivity contribution in [3.8, 4) is 5.75 Å². The predicted octanol–water partition coefficient (Wildman–Crippen LogP) is 1.41. The van der Waals surface area contributed by atoms with Crippen molar-refractivity contribution in [1.82, 2.24) is 0 Å². The molecule has 0 saturated carbocycles. The van der Waals surface area contributed by atoms with Gasteiger partial charge < -0.3 is 16.2 Å². The Morgan fingerprint density at radius 1 is 1.36 bits per heavy atom. The summed E-state index contributed by atoms with van der Waals surface area (Å²) in [5.41, 5.74) is 11.8. The van der Waals surface area contributed by atoms with Crippen LogP contribution in [0.25, 0.3) is 0 Å². The Morgan fingerprint density at radius 3 is 2.29 bits per heavy atom. The maximum atomic E-state index is 7.24. The first-order valence-electron chi connectivity index (χ1n) is 3.43. The standard InChI is InChI=1S/C8H11N3O.2ClH/c1-12-6-4-2-3-5(9)7(6)8(10)11;;/h2-4H,9H2,1H3,(H3,10,11);2*1H. The lowest BCUT2D eigenvalue weighted by Crippen LogP contribution is -2.14. The van der Waals surface area contributed by atoms with Crippen LogP contribution in [0, 0.1) is 5.41 Å². The van der Waals surface area contributed by atoms with Crippen LogP contribution >= 0.6 is 24.8 Å². The summed E-state index contributed by atoms with van der Waals surface area (Å²) in [5, 5.41) is 7.24. The molecule has 5 N–H and O–H groups in total. The summed E-state index contributed by atoms with van der Waals surface area (Å²) < 4.78 is 4.99. The summed E-state index contributed by atoms with van der Waals surface area (Å²) in [6.07, 6.45) is 0. The highest BCUT2D eigenvalue weighted by atomic mass is 35.5. The number of rotatable bonds is 2. The van der Waals surface area contributed by atoms with E-state index in [0.29, 0.717) is 17.0 Å². The van der Waals surface area contributed by atoms with Crippen LogP contribution in [0.5, 0.6) is 5.75 Å². The fourth-order valence-corrected chi connectivity index (χ4v) is 1.01. The minimum Gasteiger partial charge on any atom is -0.496 e. The smallest absolute Gasteiger partial charge is 0.131 e. The van der Waals surface area contributed by atoms with Gasteiger partial charge in [-0.15, -0.1) is 24.8 Å². The Labute approximate surface area is 94.9 Å². The van der Waals surface area contributed by atoms with Crippen LogP contribution in [0.2, 0.25) is 0 Å². The Balaban J connectivity index is 0. The Bertz CT molecular complexity index is 317. The minimum atomic E-state index is -0.0787. The maximum absolute atomic E-state index is 7.24. The molecule has 4 nitrogen and oxygen atoms in total. The molecule has 0 aliphatic heterocycles. The first-order chi connectivity index (χ1) is 5.66. The molecule has 0 heterocycles. The number of nitrogens with two attached hydrogens (primary N) is 2. The highest BCUT2D eigenvalue weighted by Gasteiger charge is 2.08. The summed E-state index contributed by atoms with van der Waals surface area (Å²) in [6.45, 7) is 0. The van der Waals surface area contributed by atoms with E-state index in [0.717, 1.165) is 0 Å². The van der Waals surface area contributed by atoms with Gasteiger partial charge in [0.15, 0.2) is 0 Å². The molecule has 0 unspecified atom stereocenters. The van der Waals surface area contributed by atoms with Crippen molar-refractivity contribution in [3.05, 3.63) is 23.8 Å². The van der Waals surface area contributed by atoms with Gasteiger partial charge in [0.25, 0.3) is 0 Å². The first kappa shape index (κ1) is 15.3. The summed E-state index contributed by atoms with van der Waals surface area (Å²) in [5.74, 6) is 0.451. The molecule has 0 saturated heterocycles. The van der Waals surface area contributed by atoms with E-state index < -0.39 is 0 Å². The normalized spacial score (nSPS) is 8.07. The third-order valence-electron chi connectivity index (χ3n) is 1.55. The highest BCUT2D eigenvalue weighted by molar-refractivity contribution is 6.02. The number of benzene rings is 1. The molecule has 0 aliphatic carbocycles. The van der Waals surface area contributed by atoms with Crippen LogP contribution in [0.15, 0.2) is 18.2 Å². The maximum Gasteiger partial charge on any atom is 0.131 e. The number of anilines is 1. The van der Waals surface area contributed by atoms with E-state index in [1.807, 2.05) is 0 Å². The lowest BCUT2D eigenvalue weighted by molar-refractivity contribution is 0.414. The summed E-state index contributed by atoms with van der Waals surface area (Å²) in [6, 6.07) is 5.15. The van der Waals surface area contributed by atoms with E-state index in [-0.39, 0.29) is 30.6 Å².